The largest absolute Gasteiger partial charge is 0.490 e. The van der Waals surface area contributed by atoms with Crippen molar-refractivity contribution in [2.24, 2.45) is 16.0 Å². The van der Waals surface area contributed by atoms with Crippen molar-refractivity contribution < 1.29 is 27.5 Å². The Kier molecular flexibility index (Phi) is 8.48. The number of carbonyl (C=O) groups excluding carboxylic acids is 2. The Labute approximate surface area is 171 Å². The Morgan fingerprint density at radius 2 is 1.50 bits per heavy atom. The summed E-state index contributed by atoms with van der Waals surface area (Å²) in [5, 5.41) is 10.9. The molecule has 0 bridgehead atoms. The first kappa shape index (κ1) is 23.0. The van der Waals surface area contributed by atoms with Gasteiger partial charge in [0, 0.05) is 5.69 Å². The third-order valence-electron chi connectivity index (χ3n) is 3.88. The second kappa shape index (κ2) is 11.1. The van der Waals surface area contributed by atoms with E-state index in [-0.39, 0.29) is 19.1 Å². The van der Waals surface area contributed by atoms with E-state index >= 15 is 0 Å². The monoisotopic (exact) mass is 422 g/mol. The molecule has 0 spiro atoms. The maximum absolute atomic E-state index is 12.0. The summed E-state index contributed by atoms with van der Waals surface area (Å²) in [5.74, 6) is -2.45. The molecule has 160 valence electrons. The number of hydrogen-bond acceptors (Lipinski definition) is 6. The molecule has 0 aliphatic carbocycles. The number of nitrogens with zero attached hydrogens (tertiary/aromatic N) is 2. The van der Waals surface area contributed by atoms with Crippen molar-refractivity contribution in [3.05, 3.63) is 54.1 Å². The number of azo groups is 1. The van der Waals surface area contributed by atoms with Crippen LogP contribution < -0.4 is 11.1 Å². The van der Waals surface area contributed by atoms with Gasteiger partial charge in [0.15, 0.2) is 0 Å². The molecule has 0 heterocycles. The van der Waals surface area contributed by atoms with Crippen LogP contribution in [0.3, 0.4) is 0 Å². The highest BCUT2D eigenvalue weighted by Crippen LogP contribution is 2.21. The molecular formula is C20H21F3N4O3. The summed E-state index contributed by atoms with van der Waals surface area (Å²) in [4.78, 5) is 21.8. The third kappa shape index (κ3) is 8.00. The van der Waals surface area contributed by atoms with E-state index in [0.717, 1.165) is 5.56 Å². The fourth-order valence-corrected chi connectivity index (χ4v) is 2.35. The van der Waals surface area contributed by atoms with Gasteiger partial charge in [-0.25, -0.2) is 4.79 Å². The van der Waals surface area contributed by atoms with E-state index in [2.05, 4.69) is 20.3 Å². The summed E-state index contributed by atoms with van der Waals surface area (Å²) in [7, 11) is 0. The minimum Gasteiger partial charge on any atom is -0.459 e. The number of rotatable bonds is 9. The maximum Gasteiger partial charge on any atom is 0.490 e. The molecule has 0 aromatic heterocycles. The van der Waals surface area contributed by atoms with Crippen LogP contribution in [0.1, 0.15) is 18.4 Å². The van der Waals surface area contributed by atoms with Crippen LogP contribution >= 0.6 is 0 Å². The summed E-state index contributed by atoms with van der Waals surface area (Å²) in [6.45, 7) is -0.359. The molecule has 1 amide bonds. The number of benzene rings is 2. The molecule has 2 rings (SSSR count). The predicted molar refractivity (Wildman–Crippen MR) is 105 cm³/mol. The molecule has 30 heavy (non-hydrogen) atoms. The Balaban J connectivity index is 1.76. The van der Waals surface area contributed by atoms with Gasteiger partial charge in [-0.15, -0.1) is 0 Å². The normalized spacial score (nSPS) is 11.5. The van der Waals surface area contributed by atoms with Crippen molar-refractivity contribution in [1.29, 1.82) is 0 Å². The number of alkyl halides is 3. The van der Waals surface area contributed by atoms with Gasteiger partial charge in [-0.3, -0.25) is 4.79 Å². The van der Waals surface area contributed by atoms with Gasteiger partial charge in [-0.05, 0) is 61.2 Å². The summed E-state index contributed by atoms with van der Waals surface area (Å²) in [6, 6.07) is 14.0. The molecular weight excluding hydrogens is 401 g/mol. The minimum absolute atomic E-state index is 0.0943. The van der Waals surface area contributed by atoms with Crippen molar-refractivity contribution in [3.63, 3.8) is 0 Å². The van der Waals surface area contributed by atoms with Crippen LogP contribution in [-0.4, -0.2) is 31.2 Å². The van der Waals surface area contributed by atoms with Crippen molar-refractivity contribution >= 4 is 28.9 Å². The van der Waals surface area contributed by atoms with E-state index in [0.29, 0.717) is 36.3 Å². The second-order valence-corrected chi connectivity index (χ2v) is 6.26. The van der Waals surface area contributed by atoms with E-state index in [4.69, 9.17) is 5.73 Å². The van der Waals surface area contributed by atoms with Crippen LogP contribution in [0.2, 0.25) is 0 Å². The number of carbonyl (C=O) groups is 2. The second-order valence-electron chi connectivity index (χ2n) is 6.26. The Bertz CT molecular complexity index is 866. The van der Waals surface area contributed by atoms with Gasteiger partial charge in [0.2, 0.25) is 5.91 Å². The Morgan fingerprint density at radius 1 is 0.933 bits per heavy atom. The van der Waals surface area contributed by atoms with Crippen molar-refractivity contribution in [2.45, 2.75) is 25.4 Å². The standard InChI is InChI=1S/C20H21F3N4O3/c21-20(22,23)19(29)30-12-2-1-3-14-4-6-16(7-5-14)26-27-17-10-8-15(9-11-17)25-18(28)13-24/h4-11H,1-3,12-13,24H2,(H,25,28). The summed E-state index contributed by atoms with van der Waals surface area (Å²) < 4.78 is 40.1. The van der Waals surface area contributed by atoms with Crippen LogP contribution in [0.5, 0.6) is 0 Å². The lowest BCUT2D eigenvalue weighted by atomic mass is 10.1. The smallest absolute Gasteiger partial charge is 0.459 e. The van der Waals surface area contributed by atoms with Gasteiger partial charge < -0.3 is 15.8 Å². The Morgan fingerprint density at radius 3 is 2.03 bits per heavy atom. The lowest BCUT2D eigenvalue weighted by Gasteiger charge is -2.07. The van der Waals surface area contributed by atoms with E-state index in [1.807, 2.05) is 12.1 Å². The van der Waals surface area contributed by atoms with E-state index in [9.17, 15) is 22.8 Å². The number of halogens is 3. The van der Waals surface area contributed by atoms with Gasteiger partial charge in [0.25, 0.3) is 0 Å². The summed E-state index contributed by atoms with van der Waals surface area (Å²) >= 11 is 0. The first-order valence-corrected chi connectivity index (χ1v) is 9.12. The molecule has 2 aromatic rings. The summed E-state index contributed by atoms with van der Waals surface area (Å²) in [6.07, 6.45) is -3.39. The van der Waals surface area contributed by atoms with Gasteiger partial charge in [-0.2, -0.15) is 23.4 Å². The molecule has 0 saturated carbocycles. The van der Waals surface area contributed by atoms with Crippen LogP contribution in [0.15, 0.2) is 58.8 Å². The molecule has 2 aromatic carbocycles. The highest BCUT2D eigenvalue weighted by atomic mass is 19.4. The first-order valence-electron chi connectivity index (χ1n) is 9.12. The molecule has 0 atom stereocenters. The van der Waals surface area contributed by atoms with Crippen molar-refractivity contribution in [1.82, 2.24) is 0 Å². The maximum atomic E-state index is 12.0. The molecule has 0 unspecified atom stereocenters. The van der Waals surface area contributed by atoms with Crippen LogP contribution in [0.25, 0.3) is 0 Å². The molecule has 7 nitrogen and oxygen atoms in total. The van der Waals surface area contributed by atoms with Crippen molar-refractivity contribution in [3.8, 4) is 0 Å². The van der Waals surface area contributed by atoms with Crippen LogP contribution in [0, 0.1) is 0 Å². The number of nitrogens with two attached hydrogens (primary N) is 1. The fraction of sp³-hybridized carbons (Fsp3) is 0.300. The van der Waals surface area contributed by atoms with Crippen LogP contribution in [0.4, 0.5) is 30.2 Å². The van der Waals surface area contributed by atoms with E-state index in [1.165, 1.54) is 0 Å². The van der Waals surface area contributed by atoms with E-state index < -0.39 is 12.1 Å². The van der Waals surface area contributed by atoms with Gasteiger partial charge in [0.1, 0.15) is 0 Å². The molecule has 0 fully saturated rings. The molecule has 3 N–H and O–H groups in total. The molecule has 0 aliphatic heterocycles. The first-order chi connectivity index (χ1) is 14.3. The van der Waals surface area contributed by atoms with Gasteiger partial charge in [0.05, 0.1) is 24.5 Å². The number of esters is 1. The lowest BCUT2D eigenvalue weighted by Crippen LogP contribution is -2.25. The summed E-state index contributed by atoms with van der Waals surface area (Å²) in [5.41, 5.74) is 8.08. The lowest BCUT2D eigenvalue weighted by molar-refractivity contribution is -0.199. The number of nitrogens with one attached hydrogen (secondary N) is 1. The number of amides is 1. The fourth-order valence-electron chi connectivity index (χ4n) is 2.35. The molecule has 0 radical (unpaired) electrons. The topological polar surface area (TPSA) is 106 Å². The molecule has 0 aliphatic rings. The quantitative estimate of drug-likeness (QED) is 0.354. The number of unbranched alkanes of at least 4 members (excludes halogenated alkanes) is 1. The molecule has 10 heteroatoms. The minimum atomic E-state index is -4.95. The third-order valence-corrected chi connectivity index (χ3v) is 3.88. The number of ether oxygens (including phenoxy) is 1. The van der Waals surface area contributed by atoms with E-state index in [1.54, 1.807) is 36.4 Å². The number of aryl methyl sites for hydroxylation is 1. The van der Waals surface area contributed by atoms with Crippen molar-refractivity contribution in [2.75, 3.05) is 18.5 Å². The average molecular weight is 422 g/mol. The highest BCUT2D eigenvalue weighted by Gasteiger charge is 2.40. The predicted octanol–water partition coefficient (Wildman–Crippen LogP) is 4.43. The van der Waals surface area contributed by atoms with Crippen LogP contribution in [-0.2, 0) is 20.7 Å². The van der Waals surface area contributed by atoms with Gasteiger partial charge >= 0.3 is 12.1 Å². The zero-order valence-corrected chi connectivity index (χ0v) is 16.0. The average Bonchev–Trinajstić information content (AvgIpc) is 2.73. The SMILES string of the molecule is NCC(=O)Nc1ccc(N=Nc2ccc(CCCCOC(=O)C(F)(F)F)cc2)cc1. The highest BCUT2D eigenvalue weighted by molar-refractivity contribution is 5.92. The zero-order chi connectivity index (χ0) is 22.0. The Hall–Kier alpha value is -3.27. The van der Waals surface area contributed by atoms with Gasteiger partial charge in [-0.1, -0.05) is 12.1 Å². The zero-order valence-electron chi connectivity index (χ0n) is 16.0. The number of hydrogen-bond donors (Lipinski definition) is 2. The molecule has 0 saturated heterocycles. The number of anilines is 1.